The number of aromatic carboxylic acids is 1. The van der Waals surface area contributed by atoms with Crippen molar-refractivity contribution in [2.24, 2.45) is 0 Å². The van der Waals surface area contributed by atoms with Crippen LogP contribution in [0.5, 0.6) is 0 Å². The summed E-state index contributed by atoms with van der Waals surface area (Å²) in [6, 6.07) is 6.73. The number of benzene rings is 1. The third kappa shape index (κ3) is 2.81. The first-order valence-corrected chi connectivity index (χ1v) is 5.27. The Hall–Kier alpha value is -1.39. The minimum absolute atomic E-state index is 0.180. The van der Waals surface area contributed by atoms with Crippen LogP contribution < -0.4 is 0 Å². The molecule has 1 aromatic rings. The Morgan fingerprint density at radius 1 is 1.44 bits per heavy atom. The van der Waals surface area contributed by atoms with Gasteiger partial charge in [-0.2, -0.15) is 0 Å². The molecule has 16 heavy (non-hydrogen) atoms. The lowest BCUT2D eigenvalue weighted by Gasteiger charge is -2.09. The molecule has 1 N–H and O–H groups in total. The highest BCUT2D eigenvalue weighted by atomic mass is 16.5. The fourth-order valence-corrected chi connectivity index (χ4v) is 1.60. The lowest BCUT2D eigenvalue weighted by Crippen LogP contribution is -2.11. The first kappa shape index (κ1) is 11.1. The van der Waals surface area contributed by atoms with Crippen LogP contribution in [0.3, 0.4) is 0 Å². The molecule has 1 aliphatic rings. The van der Waals surface area contributed by atoms with Gasteiger partial charge >= 0.3 is 5.97 Å². The molecule has 1 atom stereocenters. The van der Waals surface area contributed by atoms with Crippen LogP contribution in [-0.4, -0.2) is 30.4 Å². The van der Waals surface area contributed by atoms with Crippen LogP contribution >= 0.6 is 0 Å². The number of carboxylic acids is 1. The van der Waals surface area contributed by atoms with Gasteiger partial charge in [0.05, 0.1) is 24.9 Å². The van der Waals surface area contributed by atoms with E-state index in [9.17, 15) is 4.79 Å². The predicted octanol–water partition coefficient (Wildman–Crippen LogP) is 1.69. The summed E-state index contributed by atoms with van der Waals surface area (Å²) in [5.74, 6) is -0.906. The van der Waals surface area contributed by atoms with Crippen LogP contribution in [0.2, 0.25) is 0 Å². The maximum absolute atomic E-state index is 10.6. The molecule has 86 valence electrons. The molecule has 4 nitrogen and oxygen atoms in total. The molecule has 1 aliphatic heterocycles. The van der Waals surface area contributed by atoms with Gasteiger partial charge in [-0.3, -0.25) is 0 Å². The van der Waals surface area contributed by atoms with E-state index in [2.05, 4.69) is 0 Å². The summed E-state index contributed by atoms with van der Waals surface area (Å²) >= 11 is 0. The van der Waals surface area contributed by atoms with Crippen molar-refractivity contribution in [3.63, 3.8) is 0 Å². The van der Waals surface area contributed by atoms with E-state index >= 15 is 0 Å². The van der Waals surface area contributed by atoms with E-state index in [0.29, 0.717) is 18.8 Å². The van der Waals surface area contributed by atoms with Crippen molar-refractivity contribution in [1.82, 2.24) is 0 Å². The van der Waals surface area contributed by atoms with E-state index in [1.807, 2.05) is 0 Å². The summed E-state index contributed by atoms with van der Waals surface area (Å²) in [5.41, 5.74) is 1.28. The summed E-state index contributed by atoms with van der Waals surface area (Å²) in [6.07, 6.45) is 1.12. The molecule has 2 rings (SSSR count). The van der Waals surface area contributed by atoms with Gasteiger partial charge < -0.3 is 14.6 Å². The van der Waals surface area contributed by atoms with E-state index in [0.717, 1.165) is 18.6 Å². The quantitative estimate of drug-likeness (QED) is 0.842. The van der Waals surface area contributed by atoms with Crippen molar-refractivity contribution in [3.05, 3.63) is 35.4 Å². The largest absolute Gasteiger partial charge is 0.478 e. The van der Waals surface area contributed by atoms with Crippen molar-refractivity contribution in [3.8, 4) is 0 Å². The molecule has 1 fully saturated rings. The number of carbonyl (C=O) groups is 1. The lowest BCUT2D eigenvalue weighted by atomic mass is 10.1. The molecule has 1 heterocycles. The smallest absolute Gasteiger partial charge is 0.335 e. The second-order valence-corrected chi connectivity index (χ2v) is 3.80. The number of hydrogen-bond acceptors (Lipinski definition) is 3. The van der Waals surface area contributed by atoms with E-state index in [1.54, 1.807) is 24.3 Å². The maximum Gasteiger partial charge on any atom is 0.335 e. The minimum atomic E-state index is -0.906. The summed E-state index contributed by atoms with van der Waals surface area (Å²) in [4.78, 5) is 10.6. The van der Waals surface area contributed by atoms with Crippen molar-refractivity contribution in [2.45, 2.75) is 19.1 Å². The maximum atomic E-state index is 10.6. The minimum Gasteiger partial charge on any atom is -0.478 e. The van der Waals surface area contributed by atoms with Crippen molar-refractivity contribution < 1.29 is 19.4 Å². The Balaban J connectivity index is 1.87. The molecule has 1 unspecified atom stereocenters. The van der Waals surface area contributed by atoms with Gasteiger partial charge in [-0.1, -0.05) is 12.1 Å². The zero-order valence-corrected chi connectivity index (χ0v) is 8.89. The van der Waals surface area contributed by atoms with Crippen molar-refractivity contribution in [1.29, 1.82) is 0 Å². The zero-order valence-electron chi connectivity index (χ0n) is 8.89. The fraction of sp³-hybridized carbons (Fsp3) is 0.417. The number of ether oxygens (including phenoxy) is 2. The molecule has 0 aromatic heterocycles. The molecule has 0 aliphatic carbocycles. The lowest BCUT2D eigenvalue weighted by molar-refractivity contribution is 0.0317. The van der Waals surface area contributed by atoms with Gasteiger partial charge in [-0.15, -0.1) is 0 Å². The molecule has 1 aromatic carbocycles. The van der Waals surface area contributed by atoms with Gasteiger partial charge in [-0.25, -0.2) is 4.79 Å². The standard InChI is InChI=1S/C12H14O4/c13-12(14)10-3-1-9(2-4-10)7-16-11-5-6-15-8-11/h1-4,11H,5-8H2,(H,13,14). The average Bonchev–Trinajstić information content (AvgIpc) is 2.80. The van der Waals surface area contributed by atoms with E-state index in [1.165, 1.54) is 0 Å². The van der Waals surface area contributed by atoms with E-state index in [-0.39, 0.29) is 6.10 Å². The predicted molar refractivity (Wildman–Crippen MR) is 57.4 cm³/mol. The topological polar surface area (TPSA) is 55.8 Å². The first-order chi connectivity index (χ1) is 7.75. The van der Waals surface area contributed by atoms with Crippen LogP contribution in [0.4, 0.5) is 0 Å². The monoisotopic (exact) mass is 222 g/mol. The molecule has 0 amide bonds. The Morgan fingerprint density at radius 3 is 2.75 bits per heavy atom. The van der Waals surface area contributed by atoms with E-state index < -0.39 is 5.97 Å². The van der Waals surface area contributed by atoms with Crippen molar-refractivity contribution in [2.75, 3.05) is 13.2 Å². The molecule has 0 saturated carbocycles. The third-order valence-corrected chi connectivity index (χ3v) is 2.57. The molecule has 0 radical (unpaired) electrons. The van der Waals surface area contributed by atoms with E-state index in [4.69, 9.17) is 14.6 Å². The highest BCUT2D eigenvalue weighted by Gasteiger charge is 2.15. The number of rotatable bonds is 4. The normalized spacial score (nSPS) is 19.9. The van der Waals surface area contributed by atoms with Crippen LogP contribution in [0.1, 0.15) is 22.3 Å². The van der Waals surface area contributed by atoms with Gasteiger partial charge in [0.25, 0.3) is 0 Å². The Kier molecular flexibility index (Phi) is 3.54. The third-order valence-electron chi connectivity index (χ3n) is 2.57. The second kappa shape index (κ2) is 5.09. The molecule has 0 bridgehead atoms. The summed E-state index contributed by atoms with van der Waals surface area (Å²) in [6.45, 7) is 1.93. The number of hydrogen-bond donors (Lipinski definition) is 1. The van der Waals surface area contributed by atoms with Crippen LogP contribution in [0.15, 0.2) is 24.3 Å². The molecule has 4 heteroatoms. The van der Waals surface area contributed by atoms with Crippen LogP contribution in [-0.2, 0) is 16.1 Å². The second-order valence-electron chi connectivity index (χ2n) is 3.80. The average molecular weight is 222 g/mol. The zero-order chi connectivity index (χ0) is 11.4. The summed E-state index contributed by atoms with van der Waals surface area (Å²) in [7, 11) is 0. The van der Waals surface area contributed by atoms with Gasteiger partial charge in [0.1, 0.15) is 0 Å². The fourth-order valence-electron chi connectivity index (χ4n) is 1.60. The van der Waals surface area contributed by atoms with Gasteiger partial charge in [-0.05, 0) is 24.1 Å². The molecule has 0 spiro atoms. The Labute approximate surface area is 93.8 Å². The number of carboxylic acid groups (broad SMARTS) is 1. The highest BCUT2D eigenvalue weighted by Crippen LogP contribution is 2.12. The molecular weight excluding hydrogens is 208 g/mol. The van der Waals surface area contributed by atoms with Crippen LogP contribution in [0, 0.1) is 0 Å². The highest BCUT2D eigenvalue weighted by molar-refractivity contribution is 5.87. The first-order valence-electron chi connectivity index (χ1n) is 5.27. The van der Waals surface area contributed by atoms with Crippen molar-refractivity contribution >= 4 is 5.97 Å². The summed E-state index contributed by atoms with van der Waals surface area (Å²) in [5, 5.41) is 8.73. The molecular formula is C12H14O4. The van der Waals surface area contributed by atoms with Gasteiger partial charge in [0, 0.05) is 6.61 Å². The Bertz CT molecular complexity index is 352. The van der Waals surface area contributed by atoms with Gasteiger partial charge in [0.15, 0.2) is 0 Å². The van der Waals surface area contributed by atoms with Gasteiger partial charge in [0.2, 0.25) is 0 Å². The SMILES string of the molecule is O=C(O)c1ccc(COC2CCOC2)cc1. The molecule has 1 saturated heterocycles. The van der Waals surface area contributed by atoms with Crippen LogP contribution in [0.25, 0.3) is 0 Å². The summed E-state index contributed by atoms with van der Waals surface area (Å²) < 4.78 is 10.8. The Morgan fingerprint density at radius 2 is 2.19 bits per heavy atom.